The van der Waals surface area contributed by atoms with Gasteiger partial charge >= 0.3 is 5.97 Å². The number of carbonyl (C=O) groups excluding carboxylic acids is 3. The molecule has 0 bridgehead atoms. The third-order valence-corrected chi connectivity index (χ3v) is 6.87. The summed E-state index contributed by atoms with van der Waals surface area (Å²) in [5.74, 6) is -2.05. The van der Waals surface area contributed by atoms with E-state index >= 15 is 0 Å². The van der Waals surface area contributed by atoms with Gasteiger partial charge in [0.05, 0.1) is 30.7 Å². The summed E-state index contributed by atoms with van der Waals surface area (Å²) >= 11 is 0. The number of esters is 1. The minimum Gasteiger partial charge on any atom is -0.494 e. The van der Waals surface area contributed by atoms with Crippen molar-refractivity contribution >= 4 is 23.5 Å². The van der Waals surface area contributed by atoms with Crippen LogP contribution in [0.4, 0.5) is 5.69 Å². The average Bonchev–Trinajstić information content (AvgIpc) is 3.30. The Labute approximate surface area is 200 Å². The van der Waals surface area contributed by atoms with Crippen molar-refractivity contribution in [2.75, 3.05) is 18.1 Å². The molecule has 2 aliphatic rings. The normalized spacial score (nSPS) is 26.0. The first-order chi connectivity index (χ1) is 16.4. The van der Waals surface area contributed by atoms with Gasteiger partial charge in [0.2, 0.25) is 11.8 Å². The van der Waals surface area contributed by atoms with Crippen LogP contribution in [0.1, 0.15) is 50.8 Å². The molecule has 2 fully saturated rings. The van der Waals surface area contributed by atoms with E-state index in [4.69, 9.17) is 9.47 Å². The van der Waals surface area contributed by atoms with Crippen LogP contribution in [0.3, 0.4) is 0 Å². The second-order valence-electron chi connectivity index (χ2n) is 8.86. The summed E-state index contributed by atoms with van der Waals surface area (Å²) < 4.78 is 11.0. The summed E-state index contributed by atoms with van der Waals surface area (Å²) in [5.41, 5.74) is 1.12. The molecule has 0 saturated carbocycles. The van der Waals surface area contributed by atoms with Crippen molar-refractivity contribution in [3.63, 3.8) is 0 Å². The largest absolute Gasteiger partial charge is 0.494 e. The van der Waals surface area contributed by atoms with E-state index in [1.807, 2.05) is 45.0 Å². The van der Waals surface area contributed by atoms with Crippen LogP contribution in [0.15, 0.2) is 48.5 Å². The number of hydrogen-bond donors (Lipinski definition) is 1. The fraction of sp³-hybridized carbons (Fsp3) is 0.444. The first-order valence-corrected chi connectivity index (χ1v) is 12.0. The Bertz CT molecular complexity index is 1080. The SMILES string of the molecule is CCCC1(C(=O)OCC)NC(c2ccccc2C)C2C(=O)N(c3ccc(OCC)cc3)C(=O)C21. The maximum Gasteiger partial charge on any atom is 0.327 e. The average molecular weight is 465 g/mol. The molecule has 4 rings (SSSR count). The zero-order valence-corrected chi connectivity index (χ0v) is 20.2. The highest BCUT2D eigenvalue weighted by Crippen LogP contribution is 2.52. The van der Waals surface area contributed by atoms with Crippen molar-refractivity contribution in [2.45, 2.75) is 52.1 Å². The van der Waals surface area contributed by atoms with Crippen LogP contribution in [0, 0.1) is 18.8 Å². The Balaban J connectivity index is 1.83. The van der Waals surface area contributed by atoms with Crippen LogP contribution >= 0.6 is 0 Å². The molecule has 0 radical (unpaired) electrons. The third-order valence-electron chi connectivity index (χ3n) is 6.87. The summed E-state index contributed by atoms with van der Waals surface area (Å²) in [5, 5.41) is 3.44. The van der Waals surface area contributed by atoms with Gasteiger partial charge in [-0.1, -0.05) is 37.6 Å². The predicted octanol–water partition coefficient (Wildman–Crippen LogP) is 3.95. The summed E-state index contributed by atoms with van der Waals surface area (Å²) in [7, 11) is 0. The number of ether oxygens (including phenoxy) is 2. The Kier molecular flexibility index (Phi) is 6.75. The number of hydrogen-bond acceptors (Lipinski definition) is 6. The first kappa shape index (κ1) is 24.0. The van der Waals surface area contributed by atoms with Crippen LogP contribution in [0.5, 0.6) is 5.75 Å². The van der Waals surface area contributed by atoms with Crippen LogP contribution in [-0.2, 0) is 19.1 Å². The fourth-order valence-corrected chi connectivity index (χ4v) is 5.49. The second kappa shape index (κ2) is 9.58. The van der Waals surface area contributed by atoms with Crippen molar-refractivity contribution < 1.29 is 23.9 Å². The van der Waals surface area contributed by atoms with Crippen molar-refractivity contribution in [3.05, 3.63) is 59.7 Å². The highest BCUT2D eigenvalue weighted by atomic mass is 16.5. The number of carbonyl (C=O) groups is 3. The lowest BCUT2D eigenvalue weighted by molar-refractivity contribution is -0.155. The minimum absolute atomic E-state index is 0.198. The van der Waals surface area contributed by atoms with Gasteiger partial charge in [-0.2, -0.15) is 0 Å². The monoisotopic (exact) mass is 464 g/mol. The van der Waals surface area contributed by atoms with E-state index in [1.54, 1.807) is 31.2 Å². The second-order valence-corrected chi connectivity index (χ2v) is 8.86. The van der Waals surface area contributed by atoms with Crippen molar-refractivity contribution in [1.82, 2.24) is 5.32 Å². The molecule has 2 aromatic rings. The molecule has 7 heteroatoms. The summed E-state index contributed by atoms with van der Waals surface area (Å²) in [6.07, 6.45) is 1.05. The van der Waals surface area contributed by atoms with Gasteiger partial charge in [0, 0.05) is 6.04 Å². The highest BCUT2D eigenvalue weighted by molar-refractivity contribution is 6.24. The first-order valence-electron chi connectivity index (χ1n) is 12.0. The summed E-state index contributed by atoms with van der Waals surface area (Å²) in [6, 6.07) is 14.2. The molecule has 34 heavy (non-hydrogen) atoms. The van der Waals surface area contributed by atoms with Gasteiger partial charge in [-0.25, -0.2) is 4.90 Å². The van der Waals surface area contributed by atoms with E-state index < -0.39 is 29.4 Å². The van der Waals surface area contributed by atoms with Crippen molar-refractivity contribution in [2.24, 2.45) is 11.8 Å². The molecule has 7 nitrogen and oxygen atoms in total. The molecule has 0 aromatic heterocycles. The van der Waals surface area contributed by atoms with Crippen LogP contribution < -0.4 is 15.0 Å². The maximum atomic E-state index is 13.9. The van der Waals surface area contributed by atoms with Crippen molar-refractivity contribution in [3.8, 4) is 5.75 Å². The number of nitrogens with zero attached hydrogens (tertiary/aromatic N) is 1. The minimum atomic E-state index is -1.27. The van der Waals surface area contributed by atoms with Gasteiger partial charge in [-0.3, -0.25) is 19.7 Å². The number of nitrogens with one attached hydrogen (secondary N) is 1. The van der Waals surface area contributed by atoms with E-state index in [0.29, 0.717) is 30.9 Å². The Morgan fingerprint density at radius 3 is 2.32 bits per heavy atom. The molecule has 180 valence electrons. The molecular weight excluding hydrogens is 432 g/mol. The zero-order chi connectivity index (χ0) is 24.5. The zero-order valence-electron chi connectivity index (χ0n) is 20.2. The van der Waals surface area contributed by atoms with Crippen molar-refractivity contribution in [1.29, 1.82) is 0 Å². The van der Waals surface area contributed by atoms with Gasteiger partial charge in [0.15, 0.2) is 0 Å². The molecule has 0 aliphatic carbocycles. The molecule has 2 heterocycles. The Hall–Kier alpha value is -3.19. The topological polar surface area (TPSA) is 84.9 Å². The molecule has 2 aromatic carbocycles. The standard InChI is InChI=1S/C27H32N2O5/c1-5-16-27(26(32)34-7-3)22-21(23(28-27)20-11-9-8-10-17(20)4)24(30)29(25(22)31)18-12-14-19(15-13-18)33-6-2/h8-15,21-23,28H,5-7,16H2,1-4H3. The number of aryl methyl sites for hydroxylation is 1. The smallest absolute Gasteiger partial charge is 0.327 e. The molecule has 2 saturated heterocycles. The Morgan fingerprint density at radius 1 is 1.00 bits per heavy atom. The van der Waals surface area contributed by atoms with E-state index in [9.17, 15) is 14.4 Å². The van der Waals surface area contributed by atoms with Crippen LogP contribution in [0.2, 0.25) is 0 Å². The summed E-state index contributed by atoms with van der Waals surface area (Å²) in [4.78, 5) is 42.4. The lowest BCUT2D eigenvalue weighted by atomic mass is 9.76. The molecule has 2 amide bonds. The van der Waals surface area contributed by atoms with E-state index in [1.165, 1.54) is 4.90 Å². The third kappa shape index (κ3) is 3.78. The van der Waals surface area contributed by atoms with Gasteiger partial charge < -0.3 is 9.47 Å². The predicted molar refractivity (Wildman–Crippen MR) is 128 cm³/mol. The molecule has 0 spiro atoms. The number of amides is 2. The number of rotatable bonds is 8. The van der Waals surface area contributed by atoms with E-state index in [-0.39, 0.29) is 18.4 Å². The fourth-order valence-electron chi connectivity index (χ4n) is 5.49. The van der Waals surface area contributed by atoms with Crippen LogP contribution in [0.25, 0.3) is 0 Å². The number of benzene rings is 2. The highest BCUT2D eigenvalue weighted by Gasteiger charge is 2.68. The number of fused-ring (bicyclic) bond motifs is 1. The molecule has 4 atom stereocenters. The molecule has 2 aliphatic heterocycles. The summed E-state index contributed by atoms with van der Waals surface area (Å²) in [6.45, 7) is 8.30. The van der Waals surface area contributed by atoms with Gasteiger partial charge in [0.25, 0.3) is 0 Å². The lowest BCUT2D eigenvalue weighted by Gasteiger charge is -2.32. The number of anilines is 1. The van der Waals surface area contributed by atoms with Gasteiger partial charge in [0.1, 0.15) is 11.3 Å². The van der Waals surface area contributed by atoms with Crippen LogP contribution in [-0.4, -0.2) is 36.5 Å². The van der Waals surface area contributed by atoms with E-state index in [0.717, 1.165) is 11.1 Å². The molecule has 1 N–H and O–H groups in total. The van der Waals surface area contributed by atoms with E-state index in [2.05, 4.69) is 5.32 Å². The van der Waals surface area contributed by atoms with Gasteiger partial charge in [-0.15, -0.1) is 0 Å². The molecular formula is C27H32N2O5. The van der Waals surface area contributed by atoms with Gasteiger partial charge in [-0.05, 0) is 62.6 Å². The molecule has 4 unspecified atom stereocenters. The quantitative estimate of drug-likeness (QED) is 0.470. The number of imide groups is 1. The maximum absolute atomic E-state index is 13.9. The lowest BCUT2D eigenvalue weighted by Crippen LogP contribution is -2.56. The Morgan fingerprint density at radius 2 is 1.71 bits per heavy atom.